The van der Waals surface area contributed by atoms with Crippen LogP contribution in [0.1, 0.15) is 11.1 Å². The number of nitrogens with one attached hydrogen (secondary N) is 1. The van der Waals surface area contributed by atoms with E-state index in [0.29, 0.717) is 29.8 Å². The van der Waals surface area contributed by atoms with E-state index in [2.05, 4.69) is 20.3 Å². The molecule has 2 heterocycles. The minimum Gasteiger partial charge on any atom is -0.354 e. The average molecular weight is 420 g/mol. The fraction of sp³-hybridized carbons (Fsp3) is 0.250. The van der Waals surface area contributed by atoms with E-state index in [1.165, 1.54) is 18.3 Å². The number of rotatable bonds is 5. The molecule has 2 aliphatic rings. The topological polar surface area (TPSA) is 53.4 Å². The van der Waals surface area contributed by atoms with Gasteiger partial charge < -0.3 is 10.2 Å². The number of alkyl halides is 3. The molecule has 0 saturated carbocycles. The zero-order chi connectivity index (χ0) is 20.4. The molecule has 0 fully saturated rings. The van der Waals surface area contributed by atoms with Crippen molar-refractivity contribution in [1.29, 1.82) is 0 Å². The van der Waals surface area contributed by atoms with Gasteiger partial charge in [0.15, 0.2) is 5.82 Å². The van der Waals surface area contributed by atoms with Gasteiger partial charge in [-0.05, 0) is 24.1 Å². The molecule has 0 amide bonds. The van der Waals surface area contributed by atoms with Crippen molar-refractivity contribution >= 4 is 29.7 Å². The molecule has 1 N–H and O–H groups in total. The number of fused-ring (bicyclic) bond motifs is 1. The monoisotopic (exact) mass is 419 g/mol. The third-order valence-corrected chi connectivity index (χ3v) is 4.98. The summed E-state index contributed by atoms with van der Waals surface area (Å²) >= 11 is 6.30. The van der Waals surface area contributed by atoms with Crippen LogP contribution >= 0.6 is 11.6 Å². The molecule has 2 aromatic rings. The summed E-state index contributed by atoms with van der Waals surface area (Å²) in [6.45, 7) is 0.467. The molecule has 5 nitrogen and oxygen atoms in total. The van der Waals surface area contributed by atoms with Crippen molar-refractivity contribution in [2.24, 2.45) is 4.99 Å². The molecule has 9 heteroatoms. The fourth-order valence-corrected chi connectivity index (χ4v) is 3.39. The lowest BCUT2D eigenvalue weighted by Gasteiger charge is -2.25. The molecule has 4 rings (SSSR count). The number of aromatic nitrogens is 2. The maximum Gasteiger partial charge on any atom is 0.416 e. The molecule has 0 bridgehead atoms. The van der Waals surface area contributed by atoms with Gasteiger partial charge in [-0.3, -0.25) is 4.99 Å². The molecule has 29 heavy (non-hydrogen) atoms. The first-order chi connectivity index (χ1) is 13.9. The van der Waals surface area contributed by atoms with E-state index in [1.54, 1.807) is 6.34 Å². The quantitative estimate of drug-likeness (QED) is 0.774. The van der Waals surface area contributed by atoms with Gasteiger partial charge in [0.05, 0.1) is 30.2 Å². The molecule has 1 aromatic heterocycles. The second-order valence-corrected chi connectivity index (χ2v) is 7.07. The molecule has 1 aliphatic carbocycles. The Bertz CT molecular complexity index is 969. The Morgan fingerprint density at radius 3 is 2.62 bits per heavy atom. The van der Waals surface area contributed by atoms with Crippen LogP contribution in [0.2, 0.25) is 5.02 Å². The number of allylic oxidation sites excluding steroid dienone is 2. The highest BCUT2D eigenvalue weighted by molar-refractivity contribution is 6.33. The summed E-state index contributed by atoms with van der Waals surface area (Å²) in [7, 11) is 0. The standard InChI is InChI=1S/C20H17ClF3N5/c21-15-11-26-19(25-10-9-13-5-7-14(8-6-13)20(22,23)24)28-18(15)29-12-27-16-3-1-2-4-17(16)29/h1-8,11-12,16-17H,9-10H2,(H,25,26,28). The van der Waals surface area contributed by atoms with Crippen molar-refractivity contribution in [1.82, 2.24) is 9.97 Å². The summed E-state index contributed by atoms with van der Waals surface area (Å²) in [6, 6.07) is 5.17. The predicted molar refractivity (Wildman–Crippen MR) is 108 cm³/mol. The van der Waals surface area contributed by atoms with Crippen molar-refractivity contribution in [3.8, 4) is 0 Å². The second-order valence-electron chi connectivity index (χ2n) is 6.66. The van der Waals surface area contributed by atoms with Crippen LogP contribution < -0.4 is 10.2 Å². The number of benzene rings is 1. The molecule has 0 spiro atoms. The minimum atomic E-state index is -4.33. The summed E-state index contributed by atoms with van der Waals surface area (Å²) in [5, 5.41) is 3.51. The third kappa shape index (κ3) is 4.27. The van der Waals surface area contributed by atoms with E-state index < -0.39 is 11.7 Å². The molecular weight excluding hydrogens is 403 g/mol. The van der Waals surface area contributed by atoms with Gasteiger partial charge in [0, 0.05) is 6.54 Å². The molecule has 1 aliphatic heterocycles. The highest BCUT2D eigenvalue weighted by atomic mass is 35.5. The first-order valence-corrected chi connectivity index (χ1v) is 9.39. The average Bonchev–Trinajstić information content (AvgIpc) is 3.13. The number of hydrogen-bond acceptors (Lipinski definition) is 5. The third-order valence-electron chi connectivity index (χ3n) is 4.71. The van der Waals surface area contributed by atoms with Crippen LogP contribution in [0.25, 0.3) is 0 Å². The minimum absolute atomic E-state index is 0.0207. The van der Waals surface area contributed by atoms with Gasteiger partial charge in [0.2, 0.25) is 5.95 Å². The molecule has 0 saturated heterocycles. The Balaban J connectivity index is 1.40. The zero-order valence-corrected chi connectivity index (χ0v) is 15.9. The maximum atomic E-state index is 12.6. The Labute approximate surface area is 170 Å². The van der Waals surface area contributed by atoms with E-state index >= 15 is 0 Å². The Hall–Kier alpha value is -2.87. The van der Waals surface area contributed by atoms with Crippen molar-refractivity contribution in [3.63, 3.8) is 0 Å². The first kappa shape index (κ1) is 19.4. The van der Waals surface area contributed by atoms with Crippen LogP contribution in [0.3, 0.4) is 0 Å². The van der Waals surface area contributed by atoms with Crippen molar-refractivity contribution in [2.45, 2.75) is 24.7 Å². The van der Waals surface area contributed by atoms with Crippen molar-refractivity contribution in [3.05, 3.63) is 70.9 Å². The number of hydrogen-bond donors (Lipinski definition) is 1. The summed E-state index contributed by atoms with van der Waals surface area (Å²) in [5.41, 5.74) is 0.130. The van der Waals surface area contributed by atoms with Gasteiger partial charge in [-0.25, -0.2) is 4.98 Å². The fourth-order valence-electron chi connectivity index (χ4n) is 3.20. The van der Waals surface area contributed by atoms with Crippen LogP contribution in [0.15, 0.2) is 59.8 Å². The highest BCUT2D eigenvalue weighted by Crippen LogP contribution is 2.31. The van der Waals surface area contributed by atoms with E-state index in [0.717, 1.165) is 17.7 Å². The normalized spacial score (nSPS) is 20.2. The summed E-state index contributed by atoms with van der Waals surface area (Å²) in [6.07, 6.45) is 7.41. The summed E-state index contributed by atoms with van der Waals surface area (Å²) in [5.74, 6) is 0.943. The SMILES string of the molecule is FC(F)(F)c1ccc(CCNc2ncc(Cl)c(N3C=NC4C=CC=CC43)n2)cc1. The number of halogens is 4. The van der Waals surface area contributed by atoms with Gasteiger partial charge >= 0.3 is 6.18 Å². The first-order valence-electron chi connectivity index (χ1n) is 9.01. The lowest BCUT2D eigenvalue weighted by atomic mass is 10.0. The molecule has 2 atom stereocenters. The van der Waals surface area contributed by atoms with Gasteiger partial charge in [0.1, 0.15) is 5.02 Å². The van der Waals surface area contributed by atoms with Crippen molar-refractivity contribution in [2.75, 3.05) is 16.8 Å². The highest BCUT2D eigenvalue weighted by Gasteiger charge is 2.31. The van der Waals surface area contributed by atoms with E-state index in [1.807, 2.05) is 29.2 Å². The zero-order valence-electron chi connectivity index (χ0n) is 15.1. The van der Waals surface area contributed by atoms with Gasteiger partial charge in [0.25, 0.3) is 0 Å². The van der Waals surface area contributed by atoms with Gasteiger partial charge in [-0.2, -0.15) is 18.2 Å². The van der Waals surface area contributed by atoms with Crippen LogP contribution in [-0.2, 0) is 12.6 Å². The van der Waals surface area contributed by atoms with E-state index in [9.17, 15) is 13.2 Å². The smallest absolute Gasteiger partial charge is 0.354 e. The molecule has 150 valence electrons. The Kier molecular flexibility index (Phi) is 5.27. The second kappa shape index (κ2) is 7.87. The van der Waals surface area contributed by atoms with Crippen LogP contribution in [0, 0.1) is 0 Å². The molecule has 0 radical (unpaired) electrons. The lowest BCUT2D eigenvalue weighted by Crippen LogP contribution is -2.35. The van der Waals surface area contributed by atoms with Crippen molar-refractivity contribution < 1.29 is 13.2 Å². The predicted octanol–water partition coefficient (Wildman–Crippen LogP) is 4.51. The van der Waals surface area contributed by atoms with Crippen LogP contribution in [0.4, 0.5) is 24.9 Å². The van der Waals surface area contributed by atoms with Gasteiger partial charge in [-0.15, -0.1) is 0 Å². The van der Waals surface area contributed by atoms with Crippen LogP contribution in [-0.4, -0.2) is 34.9 Å². The molecule has 1 aromatic carbocycles. The summed E-state index contributed by atoms with van der Waals surface area (Å²) < 4.78 is 37.9. The number of aliphatic imine (C=N–C) groups is 1. The number of anilines is 2. The summed E-state index contributed by atoms with van der Waals surface area (Å²) in [4.78, 5) is 15.0. The number of nitrogens with zero attached hydrogens (tertiary/aromatic N) is 4. The lowest BCUT2D eigenvalue weighted by molar-refractivity contribution is -0.137. The maximum absolute atomic E-state index is 12.6. The van der Waals surface area contributed by atoms with Crippen LogP contribution in [0.5, 0.6) is 0 Å². The van der Waals surface area contributed by atoms with E-state index in [-0.39, 0.29) is 12.1 Å². The van der Waals surface area contributed by atoms with Gasteiger partial charge in [-0.1, -0.05) is 48.0 Å². The Morgan fingerprint density at radius 1 is 1.10 bits per heavy atom. The largest absolute Gasteiger partial charge is 0.416 e. The molecule has 2 unspecified atom stereocenters. The van der Waals surface area contributed by atoms with E-state index in [4.69, 9.17) is 11.6 Å². The molecular formula is C20H17ClF3N5. The Morgan fingerprint density at radius 2 is 1.86 bits per heavy atom.